The Kier molecular flexibility index (Phi) is 6.73. The first-order chi connectivity index (χ1) is 7.13. The summed E-state index contributed by atoms with van der Waals surface area (Å²) in [4.78, 5) is 14.1. The molecule has 0 bridgehead atoms. The highest BCUT2D eigenvalue weighted by Gasteiger charge is 1.96. The zero-order chi connectivity index (χ0) is 11.7. The van der Waals surface area contributed by atoms with Crippen LogP contribution < -0.4 is 11.5 Å². The third kappa shape index (κ3) is 6.33. The number of nitrogens with two attached hydrogens (primary N) is 2. The Morgan fingerprint density at radius 2 is 1.60 bits per heavy atom. The molecule has 0 aliphatic rings. The number of rotatable bonds is 3. The van der Waals surface area contributed by atoms with Gasteiger partial charge in [0.2, 0.25) is 11.9 Å². The van der Waals surface area contributed by atoms with Crippen LogP contribution in [0.15, 0.2) is 4.99 Å². The number of nitrogens with zero attached hydrogens (tertiary/aromatic N) is 4. The fourth-order valence-electron chi connectivity index (χ4n) is 0.672. The second kappa shape index (κ2) is 7.63. The molecule has 0 spiro atoms. The standard InChI is InChI=1S/C4H6N6.C4H10O/c1-7-4-9-2(5)8-3(6)10-4;1-3-5-4-2/h1H2,(H4,5,6,8,9,10);3-4H2,1-2H3. The van der Waals surface area contributed by atoms with E-state index in [1.807, 2.05) is 13.8 Å². The van der Waals surface area contributed by atoms with Gasteiger partial charge in [-0.3, -0.25) is 0 Å². The van der Waals surface area contributed by atoms with Gasteiger partial charge in [-0.05, 0) is 20.6 Å². The summed E-state index contributed by atoms with van der Waals surface area (Å²) in [6.45, 7) is 8.87. The normalized spacial score (nSPS) is 8.93. The van der Waals surface area contributed by atoms with E-state index in [1.54, 1.807) is 0 Å². The lowest BCUT2D eigenvalue weighted by molar-refractivity contribution is 0.162. The Hall–Kier alpha value is -1.76. The highest BCUT2D eigenvalue weighted by Crippen LogP contribution is 2.04. The van der Waals surface area contributed by atoms with Crippen LogP contribution in [0.5, 0.6) is 0 Å². The zero-order valence-electron chi connectivity index (χ0n) is 8.97. The van der Waals surface area contributed by atoms with E-state index >= 15 is 0 Å². The predicted octanol–water partition coefficient (Wildman–Crippen LogP) is 0.411. The van der Waals surface area contributed by atoms with Crippen molar-refractivity contribution in [1.82, 2.24) is 15.0 Å². The van der Waals surface area contributed by atoms with Gasteiger partial charge in [0.25, 0.3) is 5.95 Å². The summed E-state index contributed by atoms with van der Waals surface area (Å²) in [6.07, 6.45) is 0. The first-order valence-electron chi connectivity index (χ1n) is 4.45. The summed E-state index contributed by atoms with van der Waals surface area (Å²) in [5.74, 6) is 0.245. The van der Waals surface area contributed by atoms with Gasteiger partial charge in [-0.25, -0.2) is 4.99 Å². The molecule has 0 aliphatic heterocycles. The van der Waals surface area contributed by atoms with Crippen molar-refractivity contribution in [3.05, 3.63) is 0 Å². The lowest BCUT2D eigenvalue weighted by atomic mass is 10.8. The van der Waals surface area contributed by atoms with Gasteiger partial charge in [0, 0.05) is 13.2 Å². The zero-order valence-corrected chi connectivity index (χ0v) is 8.97. The molecule has 1 heterocycles. The molecule has 4 N–H and O–H groups in total. The second-order valence-corrected chi connectivity index (χ2v) is 2.29. The van der Waals surface area contributed by atoms with E-state index in [1.165, 1.54) is 0 Å². The molecule has 0 amide bonds. The van der Waals surface area contributed by atoms with Crippen molar-refractivity contribution in [2.75, 3.05) is 24.7 Å². The minimum Gasteiger partial charge on any atom is -0.382 e. The Bertz CT molecular complexity index is 281. The number of aromatic nitrogens is 3. The summed E-state index contributed by atoms with van der Waals surface area (Å²) < 4.78 is 4.83. The van der Waals surface area contributed by atoms with Crippen LogP contribution in [0.2, 0.25) is 0 Å². The molecule has 0 radical (unpaired) electrons. The Morgan fingerprint density at radius 3 is 1.87 bits per heavy atom. The molecule has 1 aromatic heterocycles. The minimum absolute atomic E-state index is 0.0508. The largest absolute Gasteiger partial charge is 0.382 e. The molecule has 1 rings (SSSR count). The van der Waals surface area contributed by atoms with E-state index < -0.39 is 0 Å². The van der Waals surface area contributed by atoms with Crippen molar-refractivity contribution < 1.29 is 4.74 Å². The third-order valence-electron chi connectivity index (χ3n) is 1.21. The van der Waals surface area contributed by atoms with Gasteiger partial charge in [-0.1, -0.05) is 0 Å². The number of aliphatic imine (C=N–C) groups is 1. The molecule has 0 atom stereocenters. The maximum atomic E-state index is 5.20. The number of hydrogen-bond acceptors (Lipinski definition) is 7. The molecule has 0 saturated heterocycles. The van der Waals surface area contributed by atoms with Crippen molar-refractivity contribution in [3.8, 4) is 0 Å². The van der Waals surface area contributed by atoms with Crippen LogP contribution in [0.25, 0.3) is 0 Å². The Balaban J connectivity index is 0.000000336. The monoisotopic (exact) mass is 212 g/mol. The van der Waals surface area contributed by atoms with Crippen LogP contribution in [0.4, 0.5) is 17.8 Å². The Labute approximate surface area is 88.6 Å². The van der Waals surface area contributed by atoms with Gasteiger partial charge in [-0.15, -0.1) is 0 Å². The topological polar surface area (TPSA) is 112 Å². The molecule has 0 aliphatic carbocycles. The Morgan fingerprint density at radius 1 is 1.13 bits per heavy atom. The molecule has 0 fully saturated rings. The van der Waals surface area contributed by atoms with Crippen LogP contribution in [-0.2, 0) is 4.74 Å². The van der Waals surface area contributed by atoms with E-state index in [2.05, 4.69) is 26.7 Å². The molecule has 0 unspecified atom stereocenters. The molecule has 7 nitrogen and oxygen atoms in total. The average molecular weight is 212 g/mol. The van der Waals surface area contributed by atoms with Crippen molar-refractivity contribution in [3.63, 3.8) is 0 Å². The van der Waals surface area contributed by atoms with E-state index in [9.17, 15) is 0 Å². The quantitative estimate of drug-likeness (QED) is 0.702. The third-order valence-corrected chi connectivity index (χ3v) is 1.21. The van der Waals surface area contributed by atoms with Gasteiger partial charge >= 0.3 is 0 Å². The summed E-state index contributed by atoms with van der Waals surface area (Å²) >= 11 is 0. The SMILES string of the molecule is C=Nc1nc(N)nc(N)n1.CCOCC. The number of anilines is 2. The summed E-state index contributed by atoms with van der Waals surface area (Å²) in [6, 6.07) is 0. The van der Waals surface area contributed by atoms with Crippen molar-refractivity contribution in [2.24, 2.45) is 4.99 Å². The van der Waals surface area contributed by atoms with Crippen LogP contribution in [0.3, 0.4) is 0 Å². The molecule has 7 heteroatoms. The lowest BCUT2D eigenvalue weighted by Gasteiger charge is -1.93. The van der Waals surface area contributed by atoms with Gasteiger partial charge in [-0.2, -0.15) is 15.0 Å². The number of ether oxygens (including phenoxy) is 1. The first-order valence-corrected chi connectivity index (χ1v) is 4.45. The summed E-state index contributed by atoms with van der Waals surface area (Å²) in [5, 5.41) is 0. The number of hydrogen-bond donors (Lipinski definition) is 2. The fourth-order valence-corrected chi connectivity index (χ4v) is 0.672. The molecular weight excluding hydrogens is 196 g/mol. The maximum absolute atomic E-state index is 5.20. The molecule has 15 heavy (non-hydrogen) atoms. The van der Waals surface area contributed by atoms with Crippen molar-refractivity contribution in [2.45, 2.75) is 13.8 Å². The summed E-state index contributed by atoms with van der Waals surface area (Å²) in [5.41, 5.74) is 10.4. The van der Waals surface area contributed by atoms with Gasteiger partial charge in [0.15, 0.2) is 0 Å². The van der Waals surface area contributed by atoms with Crippen LogP contribution >= 0.6 is 0 Å². The molecule has 0 saturated carbocycles. The van der Waals surface area contributed by atoms with Crippen molar-refractivity contribution in [1.29, 1.82) is 0 Å². The van der Waals surface area contributed by atoms with Gasteiger partial charge in [0.1, 0.15) is 0 Å². The lowest BCUT2D eigenvalue weighted by Crippen LogP contribution is -2.01. The fraction of sp³-hybridized carbons (Fsp3) is 0.500. The second-order valence-electron chi connectivity index (χ2n) is 2.29. The molecule has 0 aromatic carbocycles. The van der Waals surface area contributed by atoms with E-state index in [-0.39, 0.29) is 17.8 Å². The van der Waals surface area contributed by atoms with Gasteiger partial charge < -0.3 is 16.2 Å². The minimum atomic E-state index is 0.0508. The van der Waals surface area contributed by atoms with E-state index in [0.717, 1.165) is 13.2 Å². The number of nitrogen functional groups attached to an aromatic ring is 2. The highest BCUT2D eigenvalue weighted by molar-refractivity contribution is 5.39. The summed E-state index contributed by atoms with van der Waals surface area (Å²) in [7, 11) is 0. The molecular formula is C8H16N6O. The van der Waals surface area contributed by atoms with E-state index in [4.69, 9.17) is 16.2 Å². The smallest absolute Gasteiger partial charge is 0.255 e. The van der Waals surface area contributed by atoms with Crippen LogP contribution in [-0.4, -0.2) is 34.9 Å². The molecule has 84 valence electrons. The van der Waals surface area contributed by atoms with E-state index in [0.29, 0.717) is 0 Å². The molecule has 1 aromatic rings. The maximum Gasteiger partial charge on any atom is 0.255 e. The van der Waals surface area contributed by atoms with Crippen molar-refractivity contribution >= 4 is 24.6 Å². The first kappa shape index (κ1) is 13.2. The average Bonchev–Trinajstić information content (AvgIpc) is 2.18. The van der Waals surface area contributed by atoms with Crippen LogP contribution in [0.1, 0.15) is 13.8 Å². The van der Waals surface area contributed by atoms with Crippen LogP contribution in [0, 0.1) is 0 Å². The highest BCUT2D eigenvalue weighted by atomic mass is 16.5. The van der Waals surface area contributed by atoms with Gasteiger partial charge in [0.05, 0.1) is 0 Å². The predicted molar refractivity (Wildman–Crippen MR) is 60.0 cm³/mol.